The van der Waals surface area contributed by atoms with E-state index < -0.39 is 0 Å². The van der Waals surface area contributed by atoms with Crippen LogP contribution in [0.1, 0.15) is 5.56 Å². The number of methoxy groups -OCH3 is 2. The van der Waals surface area contributed by atoms with Gasteiger partial charge in [-0.1, -0.05) is 12.2 Å². The van der Waals surface area contributed by atoms with Crippen molar-refractivity contribution in [3.63, 3.8) is 0 Å². The summed E-state index contributed by atoms with van der Waals surface area (Å²) in [6, 6.07) is 5.47. The molecule has 106 valence electrons. The molecule has 2 aliphatic rings. The SMILES string of the molecule is COc1cc(OC)cc(C2=NC3=CC=CC(C=O)C3=N2)c1. The molecule has 0 bridgehead atoms. The van der Waals surface area contributed by atoms with Crippen molar-refractivity contribution in [2.24, 2.45) is 15.9 Å². The van der Waals surface area contributed by atoms with E-state index in [0.29, 0.717) is 23.0 Å². The van der Waals surface area contributed by atoms with Crippen molar-refractivity contribution in [2.45, 2.75) is 0 Å². The maximum absolute atomic E-state index is 11.1. The first kappa shape index (κ1) is 13.3. The Kier molecular flexibility index (Phi) is 3.39. The molecule has 21 heavy (non-hydrogen) atoms. The molecular formula is C16H14N2O3. The van der Waals surface area contributed by atoms with Crippen LogP contribution in [0.3, 0.4) is 0 Å². The molecule has 0 saturated heterocycles. The summed E-state index contributed by atoms with van der Waals surface area (Å²) in [4.78, 5) is 20.1. The highest BCUT2D eigenvalue weighted by molar-refractivity contribution is 6.22. The van der Waals surface area contributed by atoms with Crippen LogP contribution in [0.4, 0.5) is 0 Å². The van der Waals surface area contributed by atoms with Crippen LogP contribution in [0.15, 0.2) is 52.1 Å². The maximum Gasteiger partial charge on any atom is 0.160 e. The molecule has 0 N–H and O–H groups in total. The van der Waals surface area contributed by atoms with Crippen LogP contribution in [-0.4, -0.2) is 32.1 Å². The summed E-state index contributed by atoms with van der Waals surface area (Å²) >= 11 is 0. The van der Waals surface area contributed by atoms with Crippen LogP contribution < -0.4 is 9.47 Å². The lowest BCUT2D eigenvalue weighted by Gasteiger charge is -2.08. The van der Waals surface area contributed by atoms with Crippen molar-refractivity contribution in [3.05, 3.63) is 47.7 Å². The van der Waals surface area contributed by atoms with Gasteiger partial charge >= 0.3 is 0 Å². The molecule has 1 aliphatic heterocycles. The number of aldehydes is 1. The second kappa shape index (κ2) is 5.36. The van der Waals surface area contributed by atoms with Gasteiger partial charge in [0, 0.05) is 11.6 Å². The summed E-state index contributed by atoms with van der Waals surface area (Å²) in [7, 11) is 3.19. The Hall–Kier alpha value is -2.69. The summed E-state index contributed by atoms with van der Waals surface area (Å²) < 4.78 is 10.5. The van der Waals surface area contributed by atoms with Gasteiger partial charge in [0.05, 0.1) is 31.5 Å². The summed E-state index contributed by atoms with van der Waals surface area (Å²) in [5.74, 6) is 1.56. The number of hydrogen-bond donors (Lipinski definition) is 0. The van der Waals surface area contributed by atoms with Crippen LogP contribution in [0.5, 0.6) is 11.5 Å². The number of amidine groups is 1. The first-order chi connectivity index (χ1) is 10.2. The third-order valence-corrected chi connectivity index (χ3v) is 3.36. The van der Waals surface area contributed by atoms with Gasteiger partial charge in [0.2, 0.25) is 0 Å². The number of nitrogens with zero attached hydrogens (tertiary/aromatic N) is 2. The Balaban J connectivity index is 2.03. The van der Waals surface area contributed by atoms with Crippen molar-refractivity contribution >= 4 is 17.8 Å². The lowest BCUT2D eigenvalue weighted by molar-refractivity contribution is -0.108. The second-order valence-electron chi connectivity index (χ2n) is 4.63. The topological polar surface area (TPSA) is 60.2 Å². The average Bonchev–Trinajstić information content (AvgIpc) is 2.98. The molecule has 0 spiro atoms. The number of carbonyl (C=O) groups is 1. The van der Waals surface area contributed by atoms with Crippen LogP contribution >= 0.6 is 0 Å². The van der Waals surface area contributed by atoms with Crippen molar-refractivity contribution in [1.29, 1.82) is 0 Å². The van der Waals surface area contributed by atoms with Gasteiger partial charge in [-0.3, -0.25) is 0 Å². The largest absolute Gasteiger partial charge is 0.497 e. The fourth-order valence-corrected chi connectivity index (χ4v) is 2.27. The lowest BCUT2D eigenvalue weighted by Crippen LogP contribution is -2.15. The fourth-order valence-electron chi connectivity index (χ4n) is 2.27. The highest BCUT2D eigenvalue weighted by Crippen LogP contribution is 2.28. The van der Waals surface area contributed by atoms with Crippen molar-refractivity contribution in [2.75, 3.05) is 14.2 Å². The normalized spacial score (nSPS) is 19.3. The number of ether oxygens (including phenoxy) is 2. The molecule has 0 amide bonds. The monoisotopic (exact) mass is 282 g/mol. The molecule has 1 unspecified atom stereocenters. The van der Waals surface area contributed by atoms with Crippen LogP contribution in [0.25, 0.3) is 0 Å². The Morgan fingerprint density at radius 1 is 1.10 bits per heavy atom. The molecule has 5 nitrogen and oxygen atoms in total. The number of aliphatic imine (C=N–C) groups is 2. The minimum atomic E-state index is -0.334. The van der Waals surface area contributed by atoms with E-state index in [1.54, 1.807) is 26.4 Å². The Bertz CT molecular complexity index is 692. The van der Waals surface area contributed by atoms with Crippen LogP contribution in [-0.2, 0) is 4.79 Å². The fraction of sp³-hybridized carbons (Fsp3) is 0.188. The zero-order chi connectivity index (χ0) is 14.8. The van der Waals surface area contributed by atoms with E-state index in [1.165, 1.54) is 0 Å². The predicted molar refractivity (Wildman–Crippen MR) is 80.3 cm³/mol. The minimum absolute atomic E-state index is 0.334. The predicted octanol–water partition coefficient (Wildman–Crippen LogP) is 2.17. The molecule has 5 heteroatoms. The van der Waals surface area contributed by atoms with E-state index in [-0.39, 0.29) is 5.92 Å². The summed E-state index contributed by atoms with van der Waals surface area (Å²) in [6.45, 7) is 0. The quantitative estimate of drug-likeness (QED) is 0.795. The van der Waals surface area contributed by atoms with Gasteiger partial charge in [0.1, 0.15) is 17.8 Å². The molecule has 1 atom stereocenters. The molecular weight excluding hydrogens is 268 g/mol. The number of hydrogen-bond acceptors (Lipinski definition) is 5. The van der Waals surface area contributed by atoms with E-state index in [9.17, 15) is 4.79 Å². The number of allylic oxidation sites excluding steroid dienone is 4. The van der Waals surface area contributed by atoms with Crippen molar-refractivity contribution in [1.82, 2.24) is 0 Å². The van der Waals surface area contributed by atoms with Gasteiger partial charge in [0.15, 0.2) is 5.84 Å². The standard InChI is InChI=1S/C16H14N2O3/c1-20-12-6-11(7-13(8-12)21-2)16-17-14-5-3-4-10(9-19)15(14)18-16/h3-10H,1-2H3. The number of carbonyl (C=O) groups excluding carboxylic acids is 1. The van der Waals surface area contributed by atoms with E-state index >= 15 is 0 Å². The Labute approximate surface area is 122 Å². The minimum Gasteiger partial charge on any atom is -0.497 e. The van der Waals surface area contributed by atoms with E-state index in [2.05, 4.69) is 9.98 Å². The van der Waals surface area contributed by atoms with Gasteiger partial charge in [-0.2, -0.15) is 0 Å². The molecule has 1 aliphatic carbocycles. The molecule has 1 aromatic carbocycles. The third kappa shape index (κ3) is 2.38. The first-order valence-corrected chi connectivity index (χ1v) is 6.50. The molecule has 0 aromatic heterocycles. The second-order valence-corrected chi connectivity index (χ2v) is 4.63. The van der Waals surface area contributed by atoms with Gasteiger partial charge in [-0.25, -0.2) is 9.98 Å². The van der Waals surface area contributed by atoms with Gasteiger partial charge in [0.25, 0.3) is 0 Å². The van der Waals surface area contributed by atoms with E-state index in [1.807, 2.05) is 24.3 Å². The summed E-state index contributed by atoms with van der Waals surface area (Å²) in [6.07, 6.45) is 6.35. The molecule has 1 aromatic rings. The smallest absolute Gasteiger partial charge is 0.160 e. The van der Waals surface area contributed by atoms with E-state index in [0.717, 1.165) is 17.5 Å². The van der Waals surface area contributed by atoms with Crippen LogP contribution in [0.2, 0.25) is 0 Å². The molecule has 3 rings (SSSR count). The number of fused-ring (bicyclic) bond motifs is 1. The van der Waals surface area contributed by atoms with Crippen molar-refractivity contribution in [3.8, 4) is 11.5 Å². The molecule has 0 saturated carbocycles. The van der Waals surface area contributed by atoms with Crippen LogP contribution in [0, 0.1) is 5.92 Å². The lowest BCUT2D eigenvalue weighted by atomic mass is 9.98. The highest BCUT2D eigenvalue weighted by Gasteiger charge is 2.25. The molecule has 0 radical (unpaired) electrons. The Morgan fingerprint density at radius 3 is 2.43 bits per heavy atom. The van der Waals surface area contributed by atoms with E-state index in [4.69, 9.17) is 9.47 Å². The molecule has 0 fully saturated rings. The van der Waals surface area contributed by atoms with Gasteiger partial charge < -0.3 is 14.3 Å². The highest BCUT2D eigenvalue weighted by atomic mass is 16.5. The van der Waals surface area contributed by atoms with Crippen molar-refractivity contribution < 1.29 is 14.3 Å². The zero-order valence-electron chi connectivity index (χ0n) is 11.7. The third-order valence-electron chi connectivity index (χ3n) is 3.36. The summed E-state index contributed by atoms with van der Waals surface area (Å²) in [5, 5.41) is 0. The zero-order valence-corrected chi connectivity index (χ0v) is 11.7. The average molecular weight is 282 g/mol. The number of benzene rings is 1. The summed E-state index contributed by atoms with van der Waals surface area (Å²) in [5.41, 5.74) is 2.20. The Morgan fingerprint density at radius 2 is 1.81 bits per heavy atom. The molecule has 1 heterocycles. The first-order valence-electron chi connectivity index (χ1n) is 6.50. The maximum atomic E-state index is 11.1. The van der Waals surface area contributed by atoms with Gasteiger partial charge in [-0.05, 0) is 18.2 Å². The van der Waals surface area contributed by atoms with Gasteiger partial charge in [-0.15, -0.1) is 0 Å². The number of rotatable bonds is 4.